The molecule has 3 heteroatoms. The first kappa shape index (κ1) is 27.6. The van der Waals surface area contributed by atoms with Gasteiger partial charge in [0.05, 0.1) is 27.6 Å². The minimum absolute atomic E-state index is 0.0156. The molecule has 11 rings (SSSR count). The van der Waals surface area contributed by atoms with Gasteiger partial charge in [0.15, 0.2) is 0 Å². The summed E-state index contributed by atoms with van der Waals surface area (Å²) in [5, 5.41) is 5.77. The van der Waals surface area contributed by atoms with Crippen molar-refractivity contribution in [3.63, 3.8) is 0 Å². The Morgan fingerprint density at radius 1 is 0.440 bits per heavy atom. The van der Waals surface area contributed by atoms with E-state index in [0.29, 0.717) is 0 Å². The molecule has 7 aromatic carbocycles. The van der Waals surface area contributed by atoms with Gasteiger partial charge in [0.1, 0.15) is 5.65 Å². The fraction of sp³-hybridized carbons (Fsp3) is 0.0638. The zero-order valence-electron chi connectivity index (χ0n) is 27.8. The third-order valence-corrected chi connectivity index (χ3v) is 11.1. The van der Waals surface area contributed by atoms with Gasteiger partial charge in [-0.05, 0) is 104 Å². The number of pyridine rings is 2. The number of fused-ring (bicyclic) bond motifs is 13. The highest BCUT2D eigenvalue weighted by Gasteiger charge is 2.35. The van der Waals surface area contributed by atoms with Gasteiger partial charge in [-0.25, -0.2) is 9.97 Å². The van der Waals surface area contributed by atoms with Gasteiger partial charge in [0.25, 0.3) is 0 Å². The average Bonchev–Trinajstić information content (AvgIpc) is 3.66. The molecule has 50 heavy (non-hydrogen) atoms. The maximum atomic E-state index is 5.19. The third kappa shape index (κ3) is 3.80. The SMILES string of the molecule is CC1(C)c2ccccc2-c2ccc(-c3ccc4cc(-c5ccc6c7nc8ccccc8cc7c7nc8ccccc8n7c6c5)ccc4c3)cc21. The van der Waals surface area contributed by atoms with Gasteiger partial charge in [0.2, 0.25) is 0 Å². The summed E-state index contributed by atoms with van der Waals surface area (Å²) in [4.78, 5) is 10.3. The second-order valence-corrected chi connectivity index (χ2v) is 14.3. The van der Waals surface area contributed by atoms with Crippen molar-refractivity contribution in [1.29, 1.82) is 0 Å². The number of nitrogens with zero attached hydrogens (tertiary/aromatic N) is 3. The molecule has 0 atom stereocenters. The van der Waals surface area contributed by atoms with Crippen LogP contribution in [-0.2, 0) is 5.41 Å². The number of para-hydroxylation sites is 3. The summed E-state index contributed by atoms with van der Waals surface area (Å²) in [6.07, 6.45) is 0. The van der Waals surface area contributed by atoms with Crippen molar-refractivity contribution in [3.05, 3.63) is 163 Å². The Morgan fingerprint density at radius 3 is 1.92 bits per heavy atom. The molecule has 0 bridgehead atoms. The fourth-order valence-electron chi connectivity index (χ4n) is 8.53. The molecule has 3 nitrogen and oxygen atoms in total. The Balaban J connectivity index is 1.05. The van der Waals surface area contributed by atoms with E-state index in [9.17, 15) is 0 Å². The van der Waals surface area contributed by atoms with E-state index >= 15 is 0 Å². The van der Waals surface area contributed by atoms with E-state index in [1.54, 1.807) is 0 Å². The van der Waals surface area contributed by atoms with Crippen LogP contribution in [0.15, 0.2) is 152 Å². The normalized spacial score (nSPS) is 13.6. The minimum atomic E-state index is -0.0156. The monoisotopic (exact) mass is 637 g/mol. The fourth-order valence-corrected chi connectivity index (χ4v) is 8.53. The Kier molecular flexibility index (Phi) is 5.45. The van der Waals surface area contributed by atoms with Crippen LogP contribution in [0.1, 0.15) is 25.0 Å². The molecule has 3 heterocycles. The van der Waals surface area contributed by atoms with E-state index in [2.05, 4.69) is 170 Å². The Bertz CT molecular complexity index is 3070. The van der Waals surface area contributed by atoms with Crippen LogP contribution in [0, 0.1) is 0 Å². The summed E-state index contributed by atoms with van der Waals surface area (Å²) in [6, 6.07) is 55.3. The van der Waals surface area contributed by atoms with Gasteiger partial charge in [-0.2, -0.15) is 0 Å². The Morgan fingerprint density at radius 2 is 1.08 bits per heavy atom. The molecule has 0 aliphatic heterocycles. The van der Waals surface area contributed by atoms with E-state index in [-0.39, 0.29) is 5.41 Å². The molecule has 10 aromatic rings. The van der Waals surface area contributed by atoms with Crippen LogP contribution in [0.5, 0.6) is 0 Å². The maximum Gasteiger partial charge on any atom is 0.147 e. The summed E-state index contributed by atoms with van der Waals surface area (Å²) in [5.41, 5.74) is 16.5. The number of benzene rings is 7. The summed E-state index contributed by atoms with van der Waals surface area (Å²) in [7, 11) is 0. The van der Waals surface area contributed by atoms with E-state index < -0.39 is 0 Å². The smallest absolute Gasteiger partial charge is 0.147 e. The number of aromatic nitrogens is 3. The van der Waals surface area contributed by atoms with Gasteiger partial charge in [-0.15, -0.1) is 0 Å². The van der Waals surface area contributed by atoms with Crippen LogP contribution in [0.2, 0.25) is 0 Å². The largest absolute Gasteiger partial charge is 0.292 e. The first-order valence-electron chi connectivity index (χ1n) is 17.3. The van der Waals surface area contributed by atoms with Crippen LogP contribution in [0.25, 0.3) is 93.5 Å². The van der Waals surface area contributed by atoms with Crippen molar-refractivity contribution < 1.29 is 0 Å². The molecule has 0 radical (unpaired) electrons. The predicted molar refractivity (Wildman–Crippen MR) is 209 cm³/mol. The van der Waals surface area contributed by atoms with Crippen molar-refractivity contribution in [1.82, 2.24) is 14.4 Å². The third-order valence-electron chi connectivity index (χ3n) is 11.1. The highest BCUT2D eigenvalue weighted by atomic mass is 15.0. The number of rotatable bonds is 2. The zero-order chi connectivity index (χ0) is 33.1. The van der Waals surface area contributed by atoms with E-state index in [0.717, 1.165) is 49.4 Å². The van der Waals surface area contributed by atoms with Gasteiger partial charge in [-0.3, -0.25) is 4.40 Å². The molecular formula is C47H31N3. The molecule has 0 saturated carbocycles. The predicted octanol–water partition coefficient (Wildman–Crippen LogP) is 12.1. The van der Waals surface area contributed by atoms with Crippen LogP contribution in [-0.4, -0.2) is 14.4 Å². The average molecular weight is 638 g/mol. The lowest BCUT2D eigenvalue weighted by Gasteiger charge is -2.22. The number of hydrogen-bond donors (Lipinski definition) is 0. The molecule has 0 saturated heterocycles. The van der Waals surface area contributed by atoms with Gasteiger partial charge in [-0.1, -0.05) is 117 Å². The summed E-state index contributed by atoms with van der Waals surface area (Å²) >= 11 is 0. The van der Waals surface area contributed by atoms with Crippen LogP contribution >= 0.6 is 0 Å². The minimum Gasteiger partial charge on any atom is -0.292 e. The molecule has 0 amide bonds. The first-order valence-corrected chi connectivity index (χ1v) is 17.3. The quantitative estimate of drug-likeness (QED) is 0.139. The maximum absolute atomic E-state index is 5.19. The topological polar surface area (TPSA) is 30.2 Å². The molecule has 234 valence electrons. The standard InChI is InChI=1S/C47H31N3/c1-47(2)39-11-5-4-10-35(39)36-21-19-32(26-40(36)47)30-17-15-29-24-31(18-16-28(29)23-30)33-20-22-37-44(27-33)50-43-14-8-7-13-42(43)49-46(50)38-25-34-9-3-6-12-41(34)48-45(37)38/h3-27H,1-2H3. The molecule has 1 aliphatic rings. The van der Waals surface area contributed by atoms with E-state index in [1.807, 2.05) is 0 Å². The second-order valence-electron chi connectivity index (χ2n) is 14.3. The van der Waals surface area contributed by atoms with Crippen molar-refractivity contribution in [2.45, 2.75) is 19.3 Å². The summed E-state index contributed by atoms with van der Waals surface area (Å²) < 4.78 is 2.32. The van der Waals surface area contributed by atoms with E-state index in [1.165, 1.54) is 55.3 Å². The highest BCUT2D eigenvalue weighted by Crippen LogP contribution is 2.49. The van der Waals surface area contributed by atoms with Gasteiger partial charge in [0, 0.05) is 21.6 Å². The molecule has 1 aliphatic carbocycles. The molecule has 0 N–H and O–H groups in total. The number of hydrogen-bond acceptors (Lipinski definition) is 2. The summed E-state index contributed by atoms with van der Waals surface area (Å²) in [5.74, 6) is 0. The van der Waals surface area contributed by atoms with Crippen molar-refractivity contribution >= 4 is 60.2 Å². The number of imidazole rings is 1. The summed E-state index contributed by atoms with van der Waals surface area (Å²) in [6.45, 7) is 4.69. The second kappa shape index (κ2) is 9.87. The van der Waals surface area contributed by atoms with Crippen LogP contribution in [0.4, 0.5) is 0 Å². The van der Waals surface area contributed by atoms with E-state index in [4.69, 9.17) is 9.97 Å². The first-order chi connectivity index (χ1) is 24.5. The molecule has 0 unspecified atom stereocenters. The van der Waals surface area contributed by atoms with Crippen LogP contribution < -0.4 is 0 Å². The van der Waals surface area contributed by atoms with Crippen molar-refractivity contribution in [3.8, 4) is 33.4 Å². The Labute approximate surface area is 289 Å². The Hall–Kier alpha value is -6.32. The molecule has 3 aromatic heterocycles. The molecular weight excluding hydrogens is 607 g/mol. The lowest BCUT2D eigenvalue weighted by Crippen LogP contribution is -2.14. The molecule has 0 spiro atoms. The van der Waals surface area contributed by atoms with Crippen LogP contribution in [0.3, 0.4) is 0 Å². The zero-order valence-corrected chi connectivity index (χ0v) is 27.8. The van der Waals surface area contributed by atoms with Gasteiger partial charge >= 0.3 is 0 Å². The molecule has 0 fully saturated rings. The van der Waals surface area contributed by atoms with Crippen molar-refractivity contribution in [2.24, 2.45) is 0 Å². The lowest BCUT2D eigenvalue weighted by atomic mass is 9.81. The van der Waals surface area contributed by atoms with Gasteiger partial charge < -0.3 is 0 Å². The van der Waals surface area contributed by atoms with Crippen molar-refractivity contribution in [2.75, 3.05) is 0 Å². The highest BCUT2D eigenvalue weighted by molar-refractivity contribution is 6.15. The lowest BCUT2D eigenvalue weighted by molar-refractivity contribution is 0.660.